The molecule has 0 aliphatic heterocycles. The van der Waals surface area contributed by atoms with Gasteiger partial charge in [-0.2, -0.15) is 0 Å². The van der Waals surface area contributed by atoms with Crippen molar-refractivity contribution in [1.29, 1.82) is 0 Å². The molecule has 2 heterocycles. The van der Waals surface area contributed by atoms with Crippen LogP contribution in [-0.2, 0) is 6.42 Å². The predicted octanol–water partition coefficient (Wildman–Crippen LogP) is 1.17. The number of hydrogen-bond acceptors (Lipinski definition) is 3. The number of primary amides is 1. The molecule has 0 atom stereocenters. The Morgan fingerprint density at radius 2 is 1.94 bits per heavy atom. The molecule has 80 valence electrons. The highest BCUT2D eigenvalue weighted by Gasteiger charge is 2.08. The number of aromatic nitrogens is 2. The molecule has 0 aliphatic rings. The van der Waals surface area contributed by atoms with Crippen molar-refractivity contribution in [3.05, 3.63) is 59.7 Å². The van der Waals surface area contributed by atoms with Gasteiger partial charge in [-0.15, -0.1) is 0 Å². The number of amides is 1. The zero-order valence-corrected chi connectivity index (χ0v) is 8.63. The average Bonchev–Trinajstić information content (AvgIpc) is 2.31. The second-order valence-electron chi connectivity index (χ2n) is 3.39. The summed E-state index contributed by atoms with van der Waals surface area (Å²) in [4.78, 5) is 19.3. The summed E-state index contributed by atoms with van der Waals surface area (Å²) in [5, 5.41) is 0. The Morgan fingerprint density at radius 1 is 1.19 bits per heavy atom. The lowest BCUT2D eigenvalue weighted by atomic mass is 10.1. The molecule has 4 heteroatoms. The summed E-state index contributed by atoms with van der Waals surface area (Å²) in [7, 11) is 0. The first-order valence-corrected chi connectivity index (χ1v) is 4.90. The molecule has 0 aliphatic carbocycles. The minimum atomic E-state index is -0.447. The van der Waals surface area contributed by atoms with Gasteiger partial charge in [0.15, 0.2) is 0 Å². The van der Waals surface area contributed by atoms with Crippen LogP contribution in [0.15, 0.2) is 42.9 Å². The van der Waals surface area contributed by atoms with Crippen LogP contribution in [0.4, 0.5) is 0 Å². The van der Waals surface area contributed by atoms with E-state index in [9.17, 15) is 4.79 Å². The molecule has 2 N–H and O–H groups in total. The number of rotatable bonds is 3. The Bertz CT molecular complexity index is 497. The third kappa shape index (κ3) is 2.23. The third-order valence-electron chi connectivity index (χ3n) is 2.28. The highest BCUT2D eigenvalue weighted by molar-refractivity contribution is 5.93. The maximum absolute atomic E-state index is 11.2. The molecule has 2 aromatic heterocycles. The van der Waals surface area contributed by atoms with E-state index in [-0.39, 0.29) is 0 Å². The average molecular weight is 213 g/mol. The zero-order valence-electron chi connectivity index (χ0n) is 8.63. The first-order valence-electron chi connectivity index (χ1n) is 4.90. The molecule has 0 radical (unpaired) electrons. The Hall–Kier alpha value is -2.23. The van der Waals surface area contributed by atoms with E-state index in [2.05, 4.69) is 9.97 Å². The monoisotopic (exact) mass is 213 g/mol. The molecule has 2 rings (SSSR count). The van der Waals surface area contributed by atoms with Gasteiger partial charge in [-0.3, -0.25) is 14.8 Å². The molecule has 0 bridgehead atoms. The van der Waals surface area contributed by atoms with Crippen LogP contribution >= 0.6 is 0 Å². The molecule has 0 spiro atoms. The number of nitrogens with two attached hydrogens (primary N) is 1. The molecule has 0 fully saturated rings. The molecular formula is C12H11N3O. The fourth-order valence-electron chi connectivity index (χ4n) is 1.50. The van der Waals surface area contributed by atoms with Gasteiger partial charge in [0, 0.05) is 25.0 Å². The normalized spacial score (nSPS) is 10.0. The van der Waals surface area contributed by atoms with Crippen LogP contribution in [0.25, 0.3) is 0 Å². The standard InChI is InChI=1S/C12H11N3O/c13-12(16)10-2-1-5-15-11(10)8-9-3-6-14-7-4-9/h1-7H,8H2,(H2,13,16). The van der Waals surface area contributed by atoms with E-state index in [4.69, 9.17) is 5.73 Å². The summed E-state index contributed by atoms with van der Waals surface area (Å²) in [5.41, 5.74) is 7.50. The van der Waals surface area contributed by atoms with Crippen molar-refractivity contribution < 1.29 is 4.79 Å². The van der Waals surface area contributed by atoms with Crippen LogP contribution in [-0.4, -0.2) is 15.9 Å². The van der Waals surface area contributed by atoms with Gasteiger partial charge in [-0.25, -0.2) is 0 Å². The van der Waals surface area contributed by atoms with Gasteiger partial charge in [0.2, 0.25) is 0 Å². The SMILES string of the molecule is NC(=O)c1cccnc1Cc1ccncc1. The smallest absolute Gasteiger partial charge is 0.250 e. The van der Waals surface area contributed by atoms with Crippen molar-refractivity contribution in [2.24, 2.45) is 5.73 Å². The molecule has 4 nitrogen and oxygen atoms in total. The molecule has 2 aromatic rings. The van der Waals surface area contributed by atoms with Crippen molar-refractivity contribution in [2.75, 3.05) is 0 Å². The minimum absolute atomic E-state index is 0.447. The fraction of sp³-hybridized carbons (Fsp3) is 0.0833. The van der Waals surface area contributed by atoms with Gasteiger partial charge in [-0.1, -0.05) is 0 Å². The predicted molar refractivity (Wildman–Crippen MR) is 59.8 cm³/mol. The first kappa shape index (κ1) is 10.3. The molecule has 0 saturated heterocycles. The van der Waals surface area contributed by atoms with Gasteiger partial charge in [0.1, 0.15) is 0 Å². The van der Waals surface area contributed by atoms with Crippen molar-refractivity contribution >= 4 is 5.91 Å². The van der Waals surface area contributed by atoms with Gasteiger partial charge >= 0.3 is 0 Å². The molecule has 1 amide bonds. The van der Waals surface area contributed by atoms with Crippen LogP contribution in [0, 0.1) is 0 Å². The lowest BCUT2D eigenvalue weighted by molar-refractivity contribution is 0.0999. The minimum Gasteiger partial charge on any atom is -0.366 e. The van der Waals surface area contributed by atoms with Crippen LogP contribution in [0.3, 0.4) is 0 Å². The van der Waals surface area contributed by atoms with E-state index >= 15 is 0 Å². The summed E-state index contributed by atoms with van der Waals surface area (Å²) in [6, 6.07) is 7.17. The Kier molecular flexibility index (Phi) is 2.91. The molecule has 0 saturated carbocycles. The second-order valence-corrected chi connectivity index (χ2v) is 3.39. The summed E-state index contributed by atoms with van der Waals surface area (Å²) < 4.78 is 0. The number of pyridine rings is 2. The maximum atomic E-state index is 11.2. The van der Waals surface area contributed by atoms with Crippen LogP contribution in [0.2, 0.25) is 0 Å². The Morgan fingerprint density at radius 3 is 2.62 bits per heavy atom. The van der Waals surface area contributed by atoms with E-state index in [1.54, 1.807) is 30.7 Å². The topological polar surface area (TPSA) is 68.9 Å². The summed E-state index contributed by atoms with van der Waals surface area (Å²) in [6.45, 7) is 0. The van der Waals surface area contributed by atoms with E-state index in [1.807, 2.05) is 12.1 Å². The number of carbonyl (C=O) groups excluding carboxylic acids is 1. The molecular weight excluding hydrogens is 202 g/mol. The zero-order chi connectivity index (χ0) is 11.4. The largest absolute Gasteiger partial charge is 0.366 e. The van der Waals surface area contributed by atoms with E-state index in [0.717, 1.165) is 5.56 Å². The summed E-state index contributed by atoms with van der Waals surface area (Å²) in [6.07, 6.45) is 5.66. The second kappa shape index (κ2) is 4.53. The van der Waals surface area contributed by atoms with Crippen molar-refractivity contribution in [3.63, 3.8) is 0 Å². The Balaban J connectivity index is 2.31. The quantitative estimate of drug-likeness (QED) is 0.832. The van der Waals surface area contributed by atoms with Gasteiger partial charge < -0.3 is 5.73 Å². The van der Waals surface area contributed by atoms with Gasteiger partial charge in [0.05, 0.1) is 11.3 Å². The number of carbonyl (C=O) groups is 1. The lowest BCUT2D eigenvalue weighted by Crippen LogP contribution is -2.14. The van der Waals surface area contributed by atoms with E-state index in [0.29, 0.717) is 17.7 Å². The molecule has 0 unspecified atom stereocenters. The molecule has 16 heavy (non-hydrogen) atoms. The van der Waals surface area contributed by atoms with E-state index < -0.39 is 5.91 Å². The van der Waals surface area contributed by atoms with Crippen molar-refractivity contribution in [1.82, 2.24) is 9.97 Å². The van der Waals surface area contributed by atoms with E-state index in [1.165, 1.54) is 0 Å². The van der Waals surface area contributed by atoms with Crippen LogP contribution < -0.4 is 5.73 Å². The van der Waals surface area contributed by atoms with Crippen LogP contribution in [0.5, 0.6) is 0 Å². The third-order valence-corrected chi connectivity index (χ3v) is 2.28. The van der Waals surface area contributed by atoms with Crippen LogP contribution in [0.1, 0.15) is 21.6 Å². The maximum Gasteiger partial charge on any atom is 0.250 e. The van der Waals surface area contributed by atoms with Crippen molar-refractivity contribution in [3.8, 4) is 0 Å². The number of nitrogens with zero attached hydrogens (tertiary/aromatic N) is 2. The highest BCUT2D eigenvalue weighted by Crippen LogP contribution is 2.10. The van der Waals surface area contributed by atoms with Gasteiger partial charge in [0.25, 0.3) is 5.91 Å². The summed E-state index contributed by atoms with van der Waals surface area (Å²) in [5.74, 6) is -0.447. The Labute approximate surface area is 93.2 Å². The first-order chi connectivity index (χ1) is 7.77. The van der Waals surface area contributed by atoms with Gasteiger partial charge in [-0.05, 0) is 29.8 Å². The van der Waals surface area contributed by atoms with Crippen molar-refractivity contribution in [2.45, 2.75) is 6.42 Å². The fourth-order valence-corrected chi connectivity index (χ4v) is 1.50. The summed E-state index contributed by atoms with van der Waals surface area (Å²) >= 11 is 0. The highest BCUT2D eigenvalue weighted by atomic mass is 16.1. The number of hydrogen-bond donors (Lipinski definition) is 1. The molecule has 0 aromatic carbocycles. The lowest BCUT2D eigenvalue weighted by Gasteiger charge is -2.04.